The van der Waals surface area contributed by atoms with Crippen LogP contribution in [0.25, 0.3) is 5.69 Å². The van der Waals surface area contributed by atoms with Crippen molar-refractivity contribution in [2.45, 2.75) is 13.3 Å². The maximum Gasteiger partial charge on any atom is 0.280 e. The Labute approximate surface area is 142 Å². The van der Waals surface area contributed by atoms with Crippen molar-refractivity contribution in [3.8, 4) is 5.69 Å². The molecule has 2 heterocycles. The first-order valence-corrected chi connectivity index (χ1v) is 8.24. The minimum absolute atomic E-state index is 0.213. The Morgan fingerprint density at radius 1 is 1.29 bits per heavy atom. The second-order valence-electron chi connectivity index (χ2n) is 5.18. The first-order chi connectivity index (χ1) is 11.6. The molecule has 0 saturated heterocycles. The van der Waals surface area contributed by atoms with Crippen molar-refractivity contribution in [3.05, 3.63) is 74.3 Å². The molecule has 0 aliphatic carbocycles. The van der Waals surface area contributed by atoms with Crippen LogP contribution >= 0.6 is 11.3 Å². The number of carbonyl (C=O) groups excluding carboxylic acids is 1. The molecule has 0 atom stereocenters. The van der Waals surface area contributed by atoms with Crippen LogP contribution in [0.5, 0.6) is 0 Å². The van der Waals surface area contributed by atoms with E-state index in [0.717, 1.165) is 10.6 Å². The van der Waals surface area contributed by atoms with Crippen molar-refractivity contribution in [2.75, 3.05) is 0 Å². The van der Waals surface area contributed by atoms with Gasteiger partial charge in [0, 0.05) is 10.6 Å². The summed E-state index contributed by atoms with van der Waals surface area (Å²) in [4.78, 5) is 25.2. The number of rotatable bonds is 5. The molecule has 3 aromatic rings. The summed E-state index contributed by atoms with van der Waals surface area (Å²) >= 11 is 1.52. The van der Waals surface area contributed by atoms with E-state index in [0.29, 0.717) is 11.3 Å². The number of nitrogens with zero attached hydrogens (tertiary/aromatic N) is 2. The number of thiophene rings is 1. The zero-order chi connectivity index (χ0) is 16.9. The molecule has 0 spiro atoms. The lowest BCUT2D eigenvalue weighted by molar-refractivity contribution is -0.120. The number of H-pyrrole nitrogens is 1. The van der Waals surface area contributed by atoms with Gasteiger partial charge in [-0.2, -0.15) is 5.10 Å². The van der Waals surface area contributed by atoms with E-state index in [-0.39, 0.29) is 17.9 Å². The lowest BCUT2D eigenvalue weighted by atomic mass is 10.3. The summed E-state index contributed by atoms with van der Waals surface area (Å²) in [6.07, 6.45) is 1.65. The quantitative estimate of drug-likeness (QED) is 0.552. The fourth-order valence-corrected chi connectivity index (χ4v) is 2.95. The summed E-state index contributed by atoms with van der Waals surface area (Å²) in [6.45, 7) is 1.79. The molecule has 0 saturated carbocycles. The molecule has 6 nitrogen and oxygen atoms in total. The third-order valence-corrected chi connectivity index (χ3v) is 4.31. The highest BCUT2D eigenvalue weighted by Gasteiger charge is 2.10. The minimum atomic E-state index is -0.217. The molecule has 0 aliphatic heterocycles. The van der Waals surface area contributed by atoms with Gasteiger partial charge in [-0.25, -0.2) is 10.1 Å². The van der Waals surface area contributed by atoms with E-state index in [2.05, 4.69) is 15.6 Å². The summed E-state index contributed by atoms with van der Waals surface area (Å²) in [5.41, 5.74) is 4.07. The van der Waals surface area contributed by atoms with Gasteiger partial charge in [-0.3, -0.25) is 14.7 Å². The van der Waals surface area contributed by atoms with Crippen molar-refractivity contribution in [1.29, 1.82) is 0 Å². The van der Waals surface area contributed by atoms with Crippen molar-refractivity contribution in [3.63, 3.8) is 0 Å². The average molecular weight is 340 g/mol. The molecule has 1 amide bonds. The number of amides is 1. The summed E-state index contributed by atoms with van der Waals surface area (Å²) in [5.74, 6) is -0.217. The van der Waals surface area contributed by atoms with Gasteiger partial charge < -0.3 is 0 Å². The van der Waals surface area contributed by atoms with Gasteiger partial charge in [-0.1, -0.05) is 24.3 Å². The third kappa shape index (κ3) is 3.52. The molecule has 1 aromatic carbocycles. The van der Waals surface area contributed by atoms with Crippen molar-refractivity contribution < 1.29 is 4.79 Å². The zero-order valence-corrected chi connectivity index (χ0v) is 13.8. The Bertz CT molecular complexity index is 908. The highest BCUT2D eigenvalue weighted by Crippen LogP contribution is 2.08. The predicted molar refractivity (Wildman–Crippen MR) is 94.9 cm³/mol. The van der Waals surface area contributed by atoms with Crippen LogP contribution in [0.4, 0.5) is 0 Å². The van der Waals surface area contributed by atoms with Gasteiger partial charge in [0.2, 0.25) is 5.91 Å². The molecule has 0 bridgehead atoms. The van der Waals surface area contributed by atoms with Crippen LogP contribution < -0.4 is 11.0 Å². The van der Waals surface area contributed by atoms with Crippen LogP contribution in [0.1, 0.15) is 16.1 Å². The predicted octanol–water partition coefficient (Wildman–Crippen LogP) is 2.23. The number of hydrogen-bond donors (Lipinski definition) is 2. The topological polar surface area (TPSA) is 79.2 Å². The molecule has 2 N–H and O–H groups in total. The molecule has 0 aliphatic rings. The van der Waals surface area contributed by atoms with Gasteiger partial charge >= 0.3 is 0 Å². The first kappa shape index (κ1) is 15.9. The average Bonchev–Trinajstić information content (AvgIpc) is 3.18. The third-order valence-electron chi connectivity index (χ3n) is 3.43. The molecular formula is C17H16N4O2S. The van der Waals surface area contributed by atoms with E-state index in [1.807, 2.05) is 47.8 Å². The summed E-state index contributed by atoms with van der Waals surface area (Å²) in [5, 5.41) is 8.82. The van der Waals surface area contributed by atoms with Crippen LogP contribution in [0, 0.1) is 6.92 Å². The monoisotopic (exact) mass is 340 g/mol. The normalized spacial score (nSPS) is 11.0. The van der Waals surface area contributed by atoms with Crippen molar-refractivity contribution in [2.24, 2.45) is 5.10 Å². The standard InChI is InChI=1S/C17H16N4O2S/c1-12-15(11-18-19-16(22)10-14-8-5-9-24-14)17(23)21(20-12)13-6-3-2-4-7-13/h2-9,11,20H,10H2,1H3,(H,19,22)/b18-11+. The van der Waals surface area contributed by atoms with E-state index in [1.54, 1.807) is 6.92 Å². The fraction of sp³-hybridized carbons (Fsp3) is 0.118. The smallest absolute Gasteiger partial charge is 0.280 e. The number of para-hydroxylation sites is 1. The van der Waals surface area contributed by atoms with E-state index in [1.165, 1.54) is 22.2 Å². The lowest BCUT2D eigenvalue weighted by Gasteiger charge is -1.99. The number of benzene rings is 1. The van der Waals surface area contributed by atoms with Gasteiger partial charge in [0.15, 0.2) is 0 Å². The van der Waals surface area contributed by atoms with Gasteiger partial charge in [0.25, 0.3) is 5.56 Å². The lowest BCUT2D eigenvalue weighted by Crippen LogP contribution is -2.21. The number of nitrogens with one attached hydrogen (secondary N) is 2. The number of hydrazone groups is 1. The Kier molecular flexibility index (Phi) is 4.72. The number of aryl methyl sites for hydroxylation is 1. The van der Waals surface area contributed by atoms with Gasteiger partial charge in [0.1, 0.15) is 0 Å². The number of hydrogen-bond acceptors (Lipinski definition) is 4. The number of aromatic nitrogens is 2. The molecule has 7 heteroatoms. The molecule has 0 unspecified atom stereocenters. The Hall–Kier alpha value is -2.93. The molecule has 0 fully saturated rings. The minimum Gasteiger partial charge on any atom is -0.295 e. The van der Waals surface area contributed by atoms with Crippen molar-refractivity contribution in [1.82, 2.24) is 15.2 Å². The van der Waals surface area contributed by atoms with E-state index >= 15 is 0 Å². The SMILES string of the molecule is Cc1[nH]n(-c2ccccc2)c(=O)c1/C=N/NC(=O)Cc1cccs1. The zero-order valence-electron chi connectivity index (χ0n) is 13.0. The van der Waals surface area contributed by atoms with Crippen LogP contribution in [0.15, 0.2) is 57.7 Å². The fourth-order valence-electron chi connectivity index (χ4n) is 2.25. The second kappa shape index (κ2) is 7.10. The Morgan fingerprint density at radius 3 is 2.79 bits per heavy atom. The van der Waals surface area contributed by atoms with Crippen molar-refractivity contribution >= 4 is 23.5 Å². The Morgan fingerprint density at radius 2 is 2.08 bits per heavy atom. The highest BCUT2D eigenvalue weighted by atomic mass is 32.1. The highest BCUT2D eigenvalue weighted by molar-refractivity contribution is 7.10. The summed E-state index contributed by atoms with van der Waals surface area (Å²) < 4.78 is 1.45. The molecular weight excluding hydrogens is 324 g/mol. The summed E-state index contributed by atoms with van der Waals surface area (Å²) in [7, 11) is 0. The van der Waals surface area contributed by atoms with E-state index in [4.69, 9.17) is 0 Å². The van der Waals surface area contributed by atoms with Crippen LogP contribution in [-0.2, 0) is 11.2 Å². The van der Waals surface area contributed by atoms with Crippen LogP contribution in [-0.4, -0.2) is 21.9 Å². The van der Waals surface area contributed by atoms with Crippen LogP contribution in [0.3, 0.4) is 0 Å². The maximum atomic E-state index is 12.5. The van der Waals surface area contributed by atoms with E-state index < -0.39 is 0 Å². The van der Waals surface area contributed by atoms with Crippen LogP contribution in [0.2, 0.25) is 0 Å². The number of aromatic amines is 1. The second-order valence-corrected chi connectivity index (χ2v) is 6.21. The number of carbonyl (C=O) groups is 1. The molecule has 0 radical (unpaired) electrons. The first-order valence-electron chi connectivity index (χ1n) is 7.36. The molecule has 24 heavy (non-hydrogen) atoms. The van der Waals surface area contributed by atoms with Gasteiger partial charge in [0.05, 0.1) is 23.9 Å². The molecule has 2 aromatic heterocycles. The van der Waals surface area contributed by atoms with Gasteiger partial charge in [-0.05, 0) is 30.5 Å². The molecule has 3 rings (SSSR count). The Balaban J connectivity index is 1.72. The summed E-state index contributed by atoms with van der Waals surface area (Å²) in [6, 6.07) is 13.1. The van der Waals surface area contributed by atoms with E-state index in [9.17, 15) is 9.59 Å². The van der Waals surface area contributed by atoms with Gasteiger partial charge in [-0.15, -0.1) is 11.3 Å². The maximum absolute atomic E-state index is 12.5. The molecule has 122 valence electrons. The largest absolute Gasteiger partial charge is 0.295 e.